The van der Waals surface area contributed by atoms with Crippen LogP contribution in [0, 0.1) is 0 Å². The molecule has 1 saturated heterocycles. The van der Waals surface area contributed by atoms with Gasteiger partial charge in [-0.05, 0) is 48.5 Å². The van der Waals surface area contributed by atoms with Gasteiger partial charge in [0.2, 0.25) is 5.91 Å². The number of carbonyl (C=O) groups excluding carboxylic acids is 2. The Morgan fingerprint density at radius 1 is 1.09 bits per heavy atom. The predicted molar refractivity (Wildman–Crippen MR) is 120 cm³/mol. The van der Waals surface area contributed by atoms with E-state index >= 15 is 0 Å². The van der Waals surface area contributed by atoms with Gasteiger partial charge in [-0.3, -0.25) is 9.59 Å². The Balaban J connectivity index is 2.15. The quantitative estimate of drug-likeness (QED) is 0.614. The van der Waals surface area contributed by atoms with E-state index in [1.54, 1.807) is 18.2 Å². The Labute approximate surface area is 195 Å². The summed E-state index contributed by atoms with van der Waals surface area (Å²) in [5.74, 6) is -1.12. The van der Waals surface area contributed by atoms with Gasteiger partial charge in [-0.15, -0.1) is 0 Å². The molecule has 0 saturated carbocycles. The second-order valence-corrected chi connectivity index (χ2v) is 9.49. The van der Waals surface area contributed by atoms with Crippen molar-refractivity contribution in [3.63, 3.8) is 0 Å². The SMILES string of the molecule is COC[C@@H]1C(=O)NCC(=Cc2cc(Cl)ccc2OC)C(=O)N1S(=O)(=O)c1ccc(Cl)cc1. The van der Waals surface area contributed by atoms with Crippen molar-refractivity contribution >= 4 is 51.1 Å². The van der Waals surface area contributed by atoms with Gasteiger partial charge in [-0.25, -0.2) is 12.7 Å². The van der Waals surface area contributed by atoms with Gasteiger partial charge in [0.1, 0.15) is 5.75 Å². The van der Waals surface area contributed by atoms with Crippen LogP contribution in [0.25, 0.3) is 6.08 Å². The number of hydrogen-bond acceptors (Lipinski definition) is 6. The van der Waals surface area contributed by atoms with Crippen molar-refractivity contribution in [2.75, 3.05) is 27.4 Å². The maximum absolute atomic E-state index is 13.5. The summed E-state index contributed by atoms with van der Waals surface area (Å²) in [4.78, 5) is 26.0. The Morgan fingerprint density at radius 2 is 1.75 bits per heavy atom. The van der Waals surface area contributed by atoms with Crippen molar-refractivity contribution in [3.05, 3.63) is 63.6 Å². The van der Waals surface area contributed by atoms with Crippen LogP contribution in [0.15, 0.2) is 52.9 Å². The van der Waals surface area contributed by atoms with Crippen molar-refractivity contribution in [1.82, 2.24) is 9.62 Å². The van der Waals surface area contributed by atoms with Crippen LogP contribution in [0.2, 0.25) is 10.0 Å². The van der Waals surface area contributed by atoms with Gasteiger partial charge < -0.3 is 14.8 Å². The third kappa shape index (κ3) is 4.91. The molecule has 1 fully saturated rings. The molecule has 2 aromatic rings. The van der Waals surface area contributed by atoms with E-state index in [4.69, 9.17) is 32.7 Å². The summed E-state index contributed by atoms with van der Waals surface area (Å²) in [6.07, 6.45) is 1.44. The highest BCUT2D eigenvalue weighted by molar-refractivity contribution is 7.89. The molecule has 2 amide bonds. The van der Waals surface area contributed by atoms with Gasteiger partial charge in [0.25, 0.3) is 15.9 Å². The molecule has 3 rings (SSSR count). The average molecular weight is 499 g/mol. The molecular formula is C21H20Cl2N2O6S. The number of methoxy groups -OCH3 is 2. The second-order valence-electron chi connectivity index (χ2n) is 6.80. The van der Waals surface area contributed by atoms with Gasteiger partial charge in [-0.1, -0.05) is 23.2 Å². The van der Waals surface area contributed by atoms with E-state index in [1.165, 1.54) is 44.6 Å². The van der Waals surface area contributed by atoms with Crippen LogP contribution in [0.1, 0.15) is 5.56 Å². The van der Waals surface area contributed by atoms with Crippen molar-refractivity contribution in [2.24, 2.45) is 0 Å². The van der Waals surface area contributed by atoms with E-state index in [1.807, 2.05) is 0 Å². The number of carbonyl (C=O) groups is 2. The molecule has 0 aromatic heterocycles. The highest BCUT2D eigenvalue weighted by Crippen LogP contribution is 2.28. The number of nitrogens with one attached hydrogen (secondary N) is 1. The number of benzene rings is 2. The number of halogens is 2. The molecule has 1 aliphatic rings. The van der Waals surface area contributed by atoms with Gasteiger partial charge in [0, 0.05) is 34.8 Å². The van der Waals surface area contributed by atoms with Crippen LogP contribution in [0.5, 0.6) is 5.75 Å². The van der Waals surface area contributed by atoms with Crippen molar-refractivity contribution < 1.29 is 27.5 Å². The lowest BCUT2D eigenvalue weighted by Gasteiger charge is -2.27. The van der Waals surface area contributed by atoms with E-state index in [9.17, 15) is 18.0 Å². The molecular weight excluding hydrogens is 479 g/mol. The molecule has 0 aliphatic carbocycles. The van der Waals surface area contributed by atoms with Crippen LogP contribution in [-0.4, -0.2) is 58.0 Å². The fourth-order valence-corrected chi connectivity index (χ4v) is 5.02. The van der Waals surface area contributed by atoms with Crippen LogP contribution in [-0.2, 0) is 24.3 Å². The summed E-state index contributed by atoms with van der Waals surface area (Å²) >= 11 is 11.9. The minimum Gasteiger partial charge on any atom is -0.496 e. The summed E-state index contributed by atoms with van der Waals surface area (Å²) in [5.41, 5.74) is 0.474. The van der Waals surface area contributed by atoms with Crippen LogP contribution < -0.4 is 10.1 Å². The lowest BCUT2D eigenvalue weighted by molar-refractivity contribution is -0.132. The molecule has 8 nitrogen and oxygen atoms in total. The summed E-state index contributed by atoms with van der Waals surface area (Å²) in [7, 11) is -1.66. The zero-order valence-electron chi connectivity index (χ0n) is 17.2. The standard InChI is InChI=1S/C21H20Cl2N2O6S/c1-30-12-18-20(26)24-11-14(9-13-10-16(23)5-8-19(13)31-2)21(27)25(18)32(28,29)17-6-3-15(22)4-7-17/h3-10,18H,11-12H2,1-2H3,(H,24,26)/t18-/m1/s1. The van der Waals surface area contributed by atoms with Gasteiger partial charge in [0.15, 0.2) is 6.04 Å². The molecule has 1 aliphatic heterocycles. The van der Waals surface area contributed by atoms with Crippen molar-refractivity contribution in [3.8, 4) is 5.75 Å². The number of ether oxygens (including phenoxy) is 2. The number of amides is 2. The Hall–Kier alpha value is -2.59. The molecule has 0 unspecified atom stereocenters. The fourth-order valence-electron chi connectivity index (χ4n) is 3.18. The predicted octanol–water partition coefficient (Wildman–Crippen LogP) is 2.75. The van der Waals surface area contributed by atoms with Gasteiger partial charge >= 0.3 is 0 Å². The Morgan fingerprint density at radius 3 is 2.38 bits per heavy atom. The first-order chi connectivity index (χ1) is 15.2. The second kappa shape index (κ2) is 9.91. The van der Waals surface area contributed by atoms with E-state index < -0.39 is 27.9 Å². The Bertz CT molecular complexity index is 1170. The topological polar surface area (TPSA) is 102 Å². The summed E-state index contributed by atoms with van der Waals surface area (Å²) < 4.78 is 37.7. The summed E-state index contributed by atoms with van der Waals surface area (Å²) in [6, 6.07) is 8.70. The number of sulfonamides is 1. The minimum absolute atomic E-state index is 0.0232. The number of rotatable bonds is 6. The molecule has 1 N–H and O–H groups in total. The first-order valence-electron chi connectivity index (χ1n) is 9.34. The third-order valence-corrected chi connectivity index (χ3v) is 7.02. The first kappa shape index (κ1) is 24.1. The van der Waals surface area contributed by atoms with E-state index in [-0.39, 0.29) is 23.6 Å². The van der Waals surface area contributed by atoms with E-state index in [0.29, 0.717) is 25.7 Å². The Kier molecular flexibility index (Phi) is 7.45. The smallest absolute Gasteiger partial charge is 0.267 e. The molecule has 0 bridgehead atoms. The maximum atomic E-state index is 13.5. The zero-order chi connectivity index (χ0) is 23.5. The molecule has 0 spiro atoms. The molecule has 11 heteroatoms. The molecule has 1 atom stereocenters. The largest absolute Gasteiger partial charge is 0.496 e. The lowest BCUT2D eigenvalue weighted by atomic mass is 10.1. The fraction of sp³-hybridized carbons (Fsp3) is 0.238. The molecule has 1 heterocycles. The third-order valence-electron chi connectivity index (χ3n) is 4.73. The minimum atomic E-state index is -4.42. The highest BCUT2D eigenvalue weighted by Gasteiger charge is 2.43. The molecule has 32 heavy (non-hydrogen) atoms. The normalized spacial score (nSPS) is 18.4. The molecule has 0 radical (unpaired) electrons. The molecule has 170 valence electrons. The lowest BCUT2D eigenvalue weighted by Crippen LogP contribution is -2.51. The molecule has 2 aromatic carbocycles. The summed E-state index contributed by atoms with van der Waals surface area (Å²) in [5, 5.41) is 3.30. The van der Waals surface area contributed by atoms with Crippen LogP contribution in [0.3, 0.4) is 0 Å². The van der Waals surface area contributed by atoms with Crippen molar-refractivity contribution in [1.29, 1.82) is 0 Å². The average Bonchev–Trinajstić information content (AvgIpc) is 2.86. The number of hydrogen-bond donors (Lipinski definition) is 1. The van der Waals surface area contributed by atoms with Crippen LogP contribution in [0.4, 0.5) is 0 Å². The zero-order valence-corrected chi connectivity index (χ0v) is 19.5. The maximum Gasteiger partial charge on any atom is 0.267 e. The first-order valence-corrected chi connectivity index (χ1v) is 11.5. The highest BCUT2D eigenvalue weighted by atomic mass is 35.5. The van der Waals surface area contributed by atoms with Crippen molar-refractivity contribution in [2.45, 2.75) is 10.9 Å². The van der Waals surface area contributed by atoms with E-state index in [0.717, 1.165) is 0 Å². The summed E-state index contributed by atoms with van der Waals surface area (Å²) in [6.45, 7) is -0.516. The van der Waals surface area contributed by atoms with E-state index in [2.05, 4.69) is 5.32 Å². The monoisotopic (exact) mass is 498 g/mol. The van der Waals surface area contributed by atoms with Gasteiger partial charge in [-0.2, -0.15) is 0 Å². The number of nitrogens with zero attached hydrogens (tertiary/aromatic N) is 1. The van der Waals surface area contributed by atoms with Gasteiger partial charge in [0.05, 0.1) is 18.6 Å². The van der Waals surface area contributed by atoms with Crippen LogP contribution >= 0.6 is 23.2 Å².